The third-order valence-electron chi connectivity index (χ3n) is 11.3. The van der Waals surface area contributed by atoms with E-state index in [9.17, 15) is 0 Å². The third kappa shape index (κ3) is 21.8. The fraction of sp³-hybridized carbons (Fsp3) is 0.250. The van der Waals surface area contributed by atoms with Gasteiger partial charge in [0.2, 0.25) is 0 Å². The highest BCUT2D eigenvalue weighted by Crippen LogP contribution is 2.19. The monoisotopic (exact) mass is 1040 g/mol. The van der Waals surface area contributed by atoms with Gasteiger partial charge in [-0.15, -0.1) is 0 Å². The van der Waals surface area contributed by atoms with E-state index in [4.69, 9.17) is 0 Å². The predicted octanol–water partition coefficient (Wildman–Crippen LogP) is 21.4. The molecule has 0 unspecified atom stereocenters. The van der Waals surface area contributed by atoms with Crippen molar-refractivity contribution in [2.24, 2.45) is 0 Å². The molecule has 0 spiro atoms. The number of aromatic nitrogens is 6. The average Bonchev–Trinajstić information content (AvgIpc) is 3.52. The molecule has 12 rings (SSSR count). The summed E-state index contributed by atoms with van der Waals surface area (Å²) in [6.07, 6.45) is 16.7. The summed E-state index contributed by atoms with van der Waals surface area (Å²) in [5, 5.41) is 12.5. The topological polar surface area (TPSA) is 77.3 Å². The molecule has 0 aliphatic carbocycles. The fourth-order valence-electron chi connectivity index (χ4n) is 7.58. The number of nitrogens with zero attached hydrogens (tertiary/aromatic N) is 6. The Labute approximate surface area is 470 Å². The fourth-order valence-corrected chi connectivity index (χ4v) is 7.58. The van der Waals surface area contributed by atoms with Crippen LogP contribution < -0.4 is 0 Å². The number of benzene rings is 6. The normalized spacial score (nSPS) is 9.15. The van der Waals surface area contributed by atoms with Crippen molar-refractivity contribution in [1.29, 1.82) is 0 Å². The molecule has 0 amide bonds. The van der Waals surface area contributed by atoms with E-state index in [1.54, 1.807) is 0 Å². The number of pyridine rings is 6. The smallest absolute Gasteiger partial charge is 0.0704 e. The summed E-state index contributed by atoms with van der Waals surface area (Å²) in [4.78, 5) is 24.9. The van der Waals surface area contributed by atoms with Crippen LogP contribution in [0.15, 0.2) is 220 Å². The van der Waals surface area contributed by atoms with Crippen molar-refractivity contribution in [1.82, 2.24) is 29.9 Å². The van der Waals surface area contributed by atoms with Crippen LogP contribution in [0.2, 0.25) is 0 Å². The Bertz CT molecular complexity index is 2840. The molecule has 6 heterocycles. The molecular weight excluding hydrogens is 949 g/mol. The Kier molecular flexibility index (Phi) is 35.6. The van der Waals surface area contributed by atoms with E-state index in [2.05, 4.69) is 149 Å². The molecule has 12 aromatic rings. The quantitative estimate of drug-likeness (QED) is 0.151. The van der Waals surface area contributed by atoms with E-state index in [0.717, 1.165) is 16.7 Å². The highest BCUT2D eigenvalue weighted by Gasteiger charge is 1.98. The molecule has 0 bridgehead atoms. The van der Waals surface area contributed by atoms with Crippen LogP contribution in [0.5, 0.6) is 0 Å². The minimum Gasteiger partial charge on any atom is -0.264 e. The molecule has 0 N–H and O–H groups in total. The molecule has 0 aliphatic heterocycles. The van der Waals surface area contributed by atoms with Crippen LogP contribution in [0, 0.1) is 41.5 Å². The minimum atomic E-state index is 1.08. The molecule has 0 atom stereocenters. The lowest BCUT2D eigenvalue weighted by atomic mass is 10.1. The predicted molar refractivity (Wildman–Crippen MR) is 347 cm³/mol. The van der Waals surface area contributed by atoms with Crippen molar-refractivity contribution in [3.8, 4) is 0 Å². The molecule has 0 saturated carbocycles. The number of rotatable bonds is 0. The van der Waals surface area contributed by atoms with Crippen LogP contribution in [0.3, 0.4) is 0 Å². The lowest BCUT2D eigenvalue weighted by Crippen LogP contribution is -1.80. The highest BCUT2D eigenvalue weighted by atomic mass is 14.7. The largest absolute Gasteiger partial charge is 0.264 e. The maximum atomic E-state index is 4.24. The number of para-hydroxylation sites is 1. The van der Waals surface area contributed by atoms with Crippen molar-refractivity contribution in [3.05, 3.63) is 253 Å². The van der Waals surface area contributed by atoms with Crippen LogP contribution in [-0.2, 0) is 0 Å². The van der Waals surface area contributed by atoms with Crippen LogP contribution in [0.25, 0.3) is 64.9 Å². The Morgan fingerprint density at radius 2 is 0.603 bits per heavy atom. The van der Waals surface area contributed by atoms with Gasteiger partial charge in [0.05, 0.1) is 11.0 Å². The molecule has 0 saturated heterocycles. The lowest BCUT2D eigenvalue weighted by Gasteiger charge is -1.98. The summed E-state index contributed by atoms with van der Waals surface area (Å²) < 4.78 is 0. The zero-order chi connectivity index (χ0) is 58.1. The SMILES string of the molecule is CC.CC.CC.CC.CC.CC.Cc1cccc2ccncc12.Cc1cccc2cnccc12.Cc1cccc2ncccc12.Cc1ccnc2ccccc12.Cc1cncc2ccccc12.Cc1nccc2ccccc12. The first-order valence-electron chi connectivity index (χ1n) is 28.1. The summed E-state index contributed by atoms with van der Waals surface area (Å²) >= 11 is 0. The Morgan fingerprint density at radius 1 is 0.218 bits per heavy atom. The van der Waals surface area contributed by atoms with Gasteiger partial charge in [-0.2, -0.15) is 0 Å². The van der Waals surface area contributed by atoms with Gasteiger partial charge in [0.1, 0.15) is 0 Å². The molecule has 6 aromatic carbocycles. The molecule has 0 radical (unpaired) electrons. The molecule has 0 aliphatic rings. The Morgan fingerprint density at radius 3 is 1.21 bits per heavy atom. The first kappa shape index (κ1) is 67.8. The van der Waals surface area contributed by atoms with Crippen molar-refractivity contribution in [2.75, 3.05) is 0 Å². The first-order valence-corrected chi connectivity index (χ1v) is 28.1. The van der Waals surface area contributed by atoms with Gasteiger partial charge in [0.25, 0.3) is 0 Å². The maximum absolute atomic E-state index is 4.24. The van der Waals surface area contributed by atoms with Crippen molar-refractivity contribution >= 4 is 64.9 Å². The van der Waals surface area contributed by atoms with E-state index >= 15 is 0 Å². The second kappa shape index (κ2) is 41.0. The third-order valence-corrected chi connectivity index (χ3v) is 11.3. The van der Waals surface area contributed by atoms with Crippen LogP contribution in [0.1, 0.15) is 117 Å². The summed E-state index contributed by atoms with van der Waals surface area (Å²) in [6, 6.07) is 55.6. The van der Waals surface area contributed by atoms with Gasteiger partial charge in [-0.05, 0) is 133 Å². The zero-order valence-corrected chi connectivity index (χ0v) is 50.5. The van der Waals surface area contributed by atoms with Crippen LogP contribution in [0.4, 0.5) is 0 Å². The molecular formula is C72H90N6. The number of fused-ring (bicyclic) bond motifs is 6. The zero-order valence-electron chi connectivity index (χ0n) is 50.5. The number of hydrogen-bond donors (Lipinski definition) is 0. The molecule has 408 valence electrons. The summed E-state index contributed by atoms with van der Waals surface area (Å²) in [5.74, 6) is 0. The van der Waals surface area contributed by atoms with Crippen LogP contribution in [-0.4, -0.2) is 29.9 Å². The minimum absolute atomic E-state index is 1.08. The molecule has 6 aromatic heterocycles. The summed E-state index contributed by atoms with van der Waals surface area (Å²) in [6.45, 7) is 36.5. The second-order valence-electron chi connectivity index (χ2n) is 15.9. The standard InChI is InChI=1S/6C10H9N.6C2H6/c1-8-4-2-6-10-9(8)5-3-7-11-10;1-8-3-2-4-9-7-11-6-5-10(8)9;1-8-3-2-4-9-5-6-11-7-10(8)9;1-8-6-11-7-9-4-2-3-5-10(8)9;1-8-10-5-3-2-4-9(10)6-7-11-8;1-8-6-7-11-10-5-3-2-4-9(8)10;6*1-2/h6*2-7H,1H3;6*1-2H3. The lowest BCUT2D eigenvalue weighted by molar-refractivity contribution is 1.24. The number of aryl methyl sites for hydroxylation is 6. The summed E-state index contributed by atoms with van der Waals surface area (Å²) in [5.41, 5.74) is 9.66. The van der Waals surface area contributed by atoms with Crippen LogP contribution >= 0.6 is 0 Å². The second-order valence-corrected chi connectivity index (χ2v) is 15.9. The van der Waals surface area contributed by atoms with Gasteiger partial charge >= 0.3 is 0 Å². The molecule has 6 nitrogen and oxygen atoms in total. The van der Waals surface area contributed by atoms with Gasteiger partial charge in [-0.3, -0.25) is 29.9 Å². The highest BCUT2D eigenvalue weighted by molar-refractivity contribution is 5.87. The van der Waals surface area contributed by atoms with E-state index in [1.807, 2.05) is 225 Å². The summed E-state index contributed by atoms with van der Waals surface area (Å²) in [7, 11) is 0. The number of hydrogen-bond acceptors (Lipinski definition) is 6. The maximum Gasteiger partial charge on any atom is 0.0704 e. The van der Waals surface area contributed by atoms with Crippen molar-refractivity contribution in [3.63, 3.8) is 0 Å². The average molecular weight is 1040 g/mol. The van der Waals surface area contributed by atoms with E-state index < -0.39 is 0 Å². The molecule has 0 fully saturated rings. The Hall–Kier alpha value is -8.22. The van der Waals surface area contributed by atoms with Crippen molar-refractivity contribution < 1.29 is 0 Å². The molecule has 78 heavy (non-hydrogen) atoms. The van der Waals surface area contributed by atoms with Gasteiger partial charge in [0, 0.05) is 93.8 Å². The van der Waals surface area contributed by atoms with Gasteiger partial charge in [0.15, 0.2) is 0 Å². The molecule has 6 heteroatoms. The van der Waals surface area contributed by atoms with Gasteiger partial charge in [-0.1, -0.05) is 204 Å². The van der Waals surface area contributed by atoms with E-state index in [-0.39, 0.29) is 0 Å². The van der Waals surface area contributed by atoms with Crippen molar-refractivity contribution in [2.45, 2.75) is 125 Å². The first-order chi connectivity index (χ1) is 38.3. The Balaban J connectivity index is 0.000000450. The van der Waals surface area contributed by atoms with Gasteiger partial charge < -0.3 is 0 Å². The van der Waals surface area contributed by atoms with E-state index in [0.29, 0.717) is 0 Å². The van der Waals surface area contributed by atoms with Gasteiger partial charge in [-0.25, -0.2) is 0 Å². The van der Waals surface area contributed by atoms with E-state index in [1.165, 1.54) is 81.7 Å².